The van der Waals surface area contributed by atoms with Crippen LogP contribution < -0.4 is 5.32 Å². The van der Waals surface area contributed by atoms with Crippen molar-refractivity contribution < 1.29 is 0 Å². The molecule has 1 aliphatic rings. The van der Waals surface area contributed by atoms with Crippen LogP contribution >= 0.6 is 23.1 Å². The Hall–Kier alpha value is -0.840. The monoisotopic (exact) mass is 318 g/mol. The van der Waals surface area contributed by atoms with E-state index in [2.05, 4.69) is 49.7 Å². The van der Waals surface area contributed by atoms with Gasteiger partial charge in [0.2, 0.25) is 0 Å². The van der Waals surface area contributed by atoms with Crippen LogP contribution in [0.3, 0.4) is 0 Å². The van der Waals surface area contributed by atoms with Gasteiger partial charge in [-0.25, -0.2) is 4.98 Å². The van der Waals surface area contributed by atoms with Crippen LogP contribution in [0.25, 0.3) is 11.3 Å². The molecule has 2 heterocycles. The van der Waals surface area contributed by atoms with E-state index in [0.29, 0.717) is 4.75 Å². The third-order valence-corrected chi connectivity index (χ3v) is 5.88. The van der Waals surface area contributed by atoms with Crippen LogP contribution in [0.5, 0.6) is 0 Å². The van der Waals surface area contributed by atoms with Crippen LogP contribution in [0, 0.1) is 0 Å². The molecule has 2 nitrogen and oxygen atoms in total. The fourth-order valence-corrected chi connectivity index (χ4v) is 4.08. The lowest BCUT2D eigenvalue weighted by molar-refractivity contribution is 0.644. The normalized spacial score (nSPS) is 15.0. The van der Waals surface area contributed by atoms with Gasteiger partial charge in [-0.15, -0.1) is 23.1 Å². The van der Waals surface area contributed by atoms with Gasteiger partial charge in [-0.1, -0.05) is 32.9 Å². The molecule has 3 rings (SSSR count). The lowest BCUT2D eigenvalue weighted by Crippen LogP contribution is -2.23. The molecular weight excluding hydrogens is 296 g/mol. The third-order valence-electron chi connectivity index (χ3n) is 3.57. The molecule has 1 aromatic carbocycles. The number of aromatic nitrogens is 1. The van der Waals surface area contributed by atoms with Crippen molar-refractivity contribution in [3.63, 3.8) is 0 Å². The van der Waals surface area contributed by atoms with Crippen molar-refractivity contribution in [1.82, 2.24) is 10.3 Å². The van der Waals surface area contributed by atoms with E-state index in [1.165, 1.54) is 21.7 Å². The van der Waals surface area contributed by atoms with Crippen molar-refractivity contribution in [2.24, 2.45) is 0 Å². The molecule has 0 fully saturated rings. The Morgan fingerprint density at radius 1 is 1.29 bits per heavy atom. The summed E-state index contributed by atoms with van der Waals surface area (Å²) in [6, 6.07) is 6.78. The first-order valence-corrected chi connectivity index (χ1v) is 9.29. The zero-order valence-electron chi connectivity index (χ0n) is 12.9. The summed E-state index contributed by atoms with van der Waals surface area (Å²) >= 11 is 3.74. The van der Waals surface area contributed by atoms with Crippen LogP contribution in [0.4, 0.5) is 0 Å². The molecule has 4 heteroatoms. The van der Waals surface area contributed by atoms with Crippen LogP contribution in [-0.4, -0.2) is 16.3 Å². The van der Waals surface area contributed by atoms with E-state index in [0.717, 1.165) is 31.0 Å². The first kappa shape index (κ1) is 15.1. The highest BCUT2D eigenvalue weighted by Gasteiger charge is 2.14. The summed E-state index contributed by atoms with van der Waals surface area (Å²) in [5, 5.41) is 6.84. The fourth-order valence-electron chi connectivity index (χ4n) is 2.42. The van der Waals surface area contributed by atoms with E-state index in [-0.39, 0.29) is 0 Å². The van der Waals surface area contributed by atoms with E-state index in [9.17, 15) is 0 Å². The second-order valence-corrected chi connectivity index (χ2v) is 9.18. The number of hydrogen-bond donors (Lipinski definition) is 1. The largest absolute Gasteiger partial charge is 0.312 e. The number of nitrogens with one attached hydrogen (secondary N) is 1. The van der Waals surface area contributed by atoms with E-state index >= 15 is 0 Å². The topological polar surface area (TPSA) is 24.9 Å². The molecule has 1 aromatic heterocycles. The molecule has 1 aliphatic heterocycles. The molecule has 0 bridgehead atoms. The molecule has 0 radical (unpaired) electrons. The van der Waals surface area contributed by atoms with Crippen molar-refractivity contribution in [2.75, 3.05) is 6.54 Å². The number of fused-ring (bicyclic) bond motifs is 1. The minimum absolute atomic E-state index is 0.296. The summed E-state index contributed by atoms with van der Waals surface area (Å²) in [6.07, 6.45) is 1.13. The molecule has 0 saturated carbocycles. The molecule has 21 heavy (non-hydrogen) atoms. The van der Waals surface area contributed by atoms with Gasteiger partial charge in [0.1, 0.15) is 5.01 Å². The minimum atomic E-state index is 0.296. The van der Waals surface area contributed by atoms with Gasteiger partial charge < -0.3 is 5.32 Å². The number of rotatable bonds is 3. The van der Waals surface area contributed by atoms with Gasteiger partial charge in [-0.2, -0.15) is 0 Å². The van der Waals surface area contributed by atoms with Gasteiger partial charge in [0, 0.05) is 28.0 Å². The SMILES string of the molecule is CC(C)(C)SCc1nc(-c2ccc3c(c2)CCNC3)cs1. The highest BCUT2D eigenvalue weighted by molar-refractivity contribution is 7.99. The zero-order valence-corrected chi connectivity index (χ0v) is 14.5. The van der Waals surface area contributed by atoms with Gasteiger partial charge in [-0.3, -0.25) is 0 Å². The van der Waals surface area contributed by atoms with Crippen molar-refractivity contribution in [3.05, 3.63) is 39.7 Å². The van der Waals surface area contributed by atoms with E-state index in [4.69, 9.17) is 4.98 Å². The molecule has 2 aromatic rings. The second kappa shape index (κ2) is 6.11. The molecule has 1 N–H and O–H groups in total. The summed E-state index contributed by atoms with van der Waals surface area (Å²) < 4.78 is 0.296. The fraction of sp³-hybridized carbons (Fsp3) is 0.471. The molecule has 0 spiro atoms. The van der Waals surface area contributed by atoms with E-state index in [1.807, 2.05) is 11.8 Å². The standard InChI is InChI=1S/C17H22N2S2/c1-17(2,3)21-11-16-19-15(10-20-16)13-4-5-14-9-18-7-6-12(14)8-13/h4-5,8,10,18H,6-7,9,11H2,1-3H3. The highest BCUT2D eigenvalue weighted by Crippen LogP contribution is 2.31. The Kier molecular flexibility index (Phi) is 4.38. The first-order chi connectivity index (χ1) is 10.0. The van der Waals surface area contributed by atoms with Gasteiger partial charge in [0.05, 0.1) is 5.69 Å². The number of thioether (sulfide) groups is 1. The maximum absolute atomic E-state index is 4.81. The first-order valence-electron chi connectivity index (χ1n) is 7.42. The van der Waals surface area contributed by atoms with Crippen molar-refractivity contribution in [3.8, 4) is 11.3 Å². The summed E-state index contributed by atoms with van der Waals surface area (Å²) in [4.78, 5) is 4.81. The molecule has 0 atom stereocenters. The maximum atomic E-state index is 4.81. The lowest BCUT2D eigenvalue weighted by Gasteiger charge is -2.17. The smallest absolute Gasteiger partial charge is 0.103 e. The lowest BCUT2D eigenvalue weighted by atomic mass is 9.98. The predicted molar refractivity (Wildman–Crippen MR) is 94.0 cm³/mol. The highest BCUT2D eigenvalue weighted by atomic mass is 32.2. The summed E-state index contributed by atoms with van der Waals surface area (Å²) in [5.74, 6) is 1.00. The van der Waals surface area contributed by atoms with E-state index in [1.54, 1.807) is 11.3 Å². The van der Waals surface area contributed by atoms with Crippen molar-refractivity contribution in [2.45, 2.75) is 44.2 Å². The number of hydrogen-bond acceptors (Lipinski definition) is 4. The van der Waals surface area contributed by atoms with Gasteiger partial charge in [0.15, 0.2) is 0 Å². The average molecular weight is 319 g/mol. The van der Waals surface area contributed by atoms with Gasteiger partial charge >= 0.3 is 0 Å². The molecule has 0 unspecified atom stereocenters. The van der Waals surface area contributed by atoms with Crippen molar-refractivity contribution in [1.29, 1.82) is 0 Å². The van der Waals surface area contributed by atoms with Crippen LogP contribution in [0.2, 0.25) is 0 Å². The summed E-state index contributed by atoms with van der Waals surface area (Å²) in [7, 11) is 0. The summed E-state index contributed by atoms with van der Waals surface area (Å²) in [5.41, 5.74) is 5.30. The van der Waals surface area contributed by atoms with Crippen LogP contribution in [0.15, 0.2) is 23.6 Å². The molecule has 0 saturated heterocycles. The molecular formula is C17H22N2S2. The Morgan fingerprint density at radius 2 is 2.14 bits per heavy atom. The number of nitrogens with zero attached hydrogens (tertiary/aromatic N) is 1. The predicted octanol–water partition coefficient (Wildman–Crippen LogP) is 4.49. The maximum Gasteiger partial charge on any atom is 0.103 e. The van der Waals surface area contributed by atoms with E-state index < -0.39 is 0 Å². The minimum Gasteiger partial charge on any atom is -0.312 e. The van der Waals surface area contributed by atoms with Crippen LogP contribution in [-0.2, 0) is 18.7 Å². The second-order valence-electron chi connectivity index (χ2n) is 6.44. The number of benzene rings is 1. The Labute approximate surface area is 135 Å². The molecule has 112 valence electrons. The third kappa shape index (κ3) is 3.87. The van der Waals surface area contributed by atoms with Gasteiger partial charge in [0.25, 0.3) is 0 Å². The van der Waals surface area contributed by atoms with Crippen LogP contribution in [0.1, 0.15) is 36.9 Å². The zero-order chi connectivity index (χ0) is 14.9. The Bertz CT molecular complexity index is 626. The van der Waals surface area contributed by atoms with Crippen molar-refractivity contribution >= 4 is 23.1 Å². The quantitative estimate of drug-likeness (QED) is 0.902. The summed E-state index contributed by atoms with van der Waals surface area (Å²) in [6.45, 7) is 8.85. The Balaban J connectivity index is 1.77. The molecule has 0 amide bonds. The van der Waals surface area contributed by atoms with Gasteiger partial charge in [-0.05, 0) is 30.2 Å². The average Bonchev–Trinajstić information content (AvgIpc) is 2.93. The molecule has 0 aliphatic carbocycles. The Morgan fingerprint density at radius 3 is 2.95 bits per heavy atom. The number of thiazole rings is 1.